The topological polar surface area (TPSA) is 111 Å². The van der Waals surface area contributed by atoms with Crippen molar-refractivity contribution in [3.05, 3.63) is 0 Å². The van der Waals surface area contributed by atoms with Crippen molar-refractivity contribution in [2.45, 2.75) is 18.9 Å². The second kappa shape index (κ2) is 7.57. The van der Waals surface area contributed by atoms with Gasteiger partial charge in [0.1, 0.15) is 6.54 Å². The van der Waals surface area contributed by atoms with E-state index in [1.807, 2.05) is 7.05 Å². The van der Waals surface area contributed by atoms with Gasteiger partial charge in [-0.15, -0.1) is 0 Å². The van der Waals surface area contributed by atoms with Crippen LogP contribution in [-0.4, -0.2) is 67.2 Å². The predicted molar refractivity (Wildman–Crippen MR) is 67.7 cm³/mol. The van der Waals surface area contributed by atoms with Crippen molar-refractivity contribution in [1.29, 1.82) is 0 Å². The fourth-order valence-electron chi connectivity index (χ4n) is 1.79. The third-order valence-corrected chi connectivity index (χ3v) is 2.90. The SMILES string of the molecule is CN1CCC(NC(=O)NCC(=O)NCC(=O)O)CC1. The Morgan fingerprint density at radius 2 is 1.79 bits per heavy atom. The highest BCUT2D eigenvalue weighted by Crippen LogP contribution is 2.07. The van der Waals surface area contributed by atoms with E-state index in [9.17, 15) is 14.4 Å². The molecular weight excluding hydrogens is 252 g/mol. The Kier molecular flexibility index (Phi) is 6.07. The van der Waals surface area contributed by atoms with Crippen molar-refractivity contribution in [3.63, 3.8) is 0 Å². The number of urea groups is 1. The zero-order valence-corrected chi connectivity index (χ0v) is 10.9. The van der Waals surface area contributed by atoms with Crippen LogP contribution >= 0.6 is 0 Å². The number of rotatable bonds is 5. The number of carboxylic acid groups (broad SMARTS) is 1. The van der Waals surface area contributed by atoms with Gasteiger partial charge in [0.2, 0.25) is 5.91 Å². The highest BCUT2D eigenvalue weighted by atomic mass is 16.4. The molecule has 8 heteroatoms. The highest BCUT2D eigenvalue weighted by Gasteiger charge is 2.18. The number of likely N-dealkylation sites (tertiary alicyclic amines) is 1. The molecule has 108 valence electrons. The molecule has 1 fully saturated rings. The van der Waals surface area contributed by atoms with Gasteiger partial charge in [-0.1, -0.05) is 0 Å². The summed E-state index contributed by atoms with van der Waals surface area (Å²) in [6, 6.07) is -0.279. The molecule has 0 aliphatic carbocycles. The van der Waals surface area contributed by atoms with Crippen molar-refractivity contribution >= 4 is 17.9 Å². The predicted octanol–water partition coefficient (Wildman–Crippen LogP) is -1.42. The first-order valence-electron chi connectivity index (χ1n) is 6.19. The van der Waals surface area contributed by atoms with E-state index in [1.54, 1.807) is 0 Å². The average Bonchev–Trinajstić information content (AvgIpc) is 2.36. The zero-order valence-electron chi connectivity index (χ0n) is 10.9. The maximum Gasteiger partial charge on any atom is 0.322 e. The average molecular weight is 272 g/mol. The van der Waals surface area contributed by atoms with E-state index in [1.165, 1.54) is 0 Å². The lowest BCUT2D eigenvalue weighted by Gasteiger charge is -2.29. The summed E-state index contributed by atoms with van der Waals surface area (Å²) >= 11 is 0. The molecule has 0 radical (unpaired) electrons. The number of amides is 3. The third-order valence-electron chi connectivity index (χ3n) is 2.90. The van der Waals surface area contributed by atoms with Crippen molar-refractivity contribution in [1.82, 2.24) is 20.9 Å². The molecule has 0 unspecified atom stereocenters. The molecular formula is C11H20N4O4. The lowest BCUT2D eigenvalue weighted by Crippen LogP contribution is -2.49. The molecule has 1 aliphatic rings. The van der Waals surface area contributed by atoms with E-state index in [-0.39, 0.29) is 12.6 Å². The minimum absolute atomic E-state index is 0.123. The summed E-state index contributed by atoms with van der Waals surface area (Å²) in [7, 11) is 2.03. The first-order chi connectivity index (χ1) is 8.97. The summed E-state index contributed by atoms with van der Waals surface area (Å²) in [5, 5.41) is 15.7. The van der Waals surface area contributed by atoms with E-state index >= 15 is 0 Å². The van der Waals surface area contributed by atoms with Gasteiger partial charge >= 0.3 is 12.0 Å². The summed E-state index contributed by atoms with van der Waals surface area (Å²) in [5.41, 5.74) is 0. The van der Waals surface area contributed by atoms with Crippen LogP contribution in [-0.2, 0) is 9.59 Å². The number of carboxylic acids is 1. The molecule has 0 bridgehead atoms. The second-order valence-electron chi connectivity index (χ2n) is 4.58. The first-order valence-corrected chi connectivity index (χ1v) is 6.19. The van der Waals surface area contributed by atoms with Crippen LogP contribution in [0.15, 0.2) is 0 Å². The number of piperidine rings is 1. The van der Waals surface area contributed by atoms with Gasteiger partial charge in [-0.25, -0.2) is 4.79 Å². The quantitative estimate of drug-likeness (QED) is 0.491. The van der Waals surface area contributed by atoms with Crippen molar-refractivity contribution in [2.24, 2.45) is 0 Å². The standard InChI is InChI=1S/C11H20N4O4/c1-15-4-2-8(3-5-15)14-11(19)13-6-9(16)12-7-10(17)18/h8H,2-7H2,1H3,(H,12,16)(H,17,18)(H2,13,14,19). The summed E-state index contributed by atoms with van der Waals surface area (Å²) in [6.07, 6.45) is 1.77. The van der Waals surface area contributed by atoms with Gasteiger partial charge in [-0.3, -0.25) is 9.59 Å². The largest absolute Gasteiger partial charge is 0.480 e. The van der Waals surface area contributed by atoms with E-state index in [0.29, 0.717) is 0 Å². The van der Waals surface area contributed by atoms with E-state index in [0.717, 1.165) is 25.9 Å². The van der Waals surface area contributed by atoms with Crippen LogP contribution in [0.1, 0.15) is 12.8 Å². The summed E-state index contributed by atoms with van der Waals surface area (Å²) in [4.78, 5) is 35.1. The monoisotopic (exact) mass is 272 g/mol. The van der Waals surface area contributed by atoms with Crippen LogP contribution in [0, 0.1) is 0 Å². The minimum atomic E-state index is -1.12. The Morgan fingerprint density at radius 1 is 1.16 bits per heavy atom. The first kappa shape index (κ1) is 15.2. The fraction of sp³-hybridized carbons (Fsp3) is 0.727. The molecule has 1 heterocycles. The van der Waals surface area contributed by atoms with Gasteiger partial charge in [-0.05, 0) is 33.0 Å². The van der Waals surface area contributed by atoms with Crippen LogP contribution < -0.4 is 16.0 Å². The lowest BCUT2D eigenvalue weighted by molar-refractivity contribution is -0.137. The number of hydrogen-bond acceptors (Lipinski definition) is 4. The molecule has 19 heavy (non-hydrogen) atoms. The Labute approximate surface area is 111 Å². The van der Waals surface area contributed by atoms with Gasteiger partial charge in [0.05, 0.1) is 6.54 Å². The number of carbonyl (C=O) groups is 3. The molecule has 0 aromatic carbocycles. The number of carbonyl (C=O) groups excluding carboxylic acids is 2. The molecule has 1 saturated heterocycles. The molecule has 1 rings (SSSR count). The van der Waals surface area contributed by atoms with Crippen LogP contribution in [0.4, 0.5) is 4.79 Å². The van der Waals surface area contributed by atoms with Crippen molar-refractivity contribution in [3.8, 4) is 0 Å². The second-order valence-corrected chi connectivity index (χ2v) is 4.58. The molecule has 0 atom stereocenters. The van der Waals surface area contributed by atoms with Crippen LogP contribution in [0.2, 0.25) is 0 Å². The molecule has 1 aliphatic heterocycles. The zero-order chi connectivity index (χ0) is 14.3. The lowest BCUT2D eigenvalue weighted by atomic mass is 10.1. The Bertz CT molecular complexity index is 340. The molecule has 0 spiro atoms. The van der Waals surface area contributed by atoms with E-state index in [4.69, 9.17) is 5.11 Å². The van der Waals surface area contributed by atoms with Crippen molar-refractivity contribution in [2.75, 3.05) is 33.2 Å². The normalized spacial score (nSPS) is 16.7. The number of nitrogens with zero attached hydrogens (tertiary/aromatic N) is 1. The third kappa shape index (κ3) is 6.61. The van der Waals surface area contributed by atoms with Gasteiger partial charge in [0, 0.05) is 6.04 Å². The molecule has 0 saturated carbocycles. The Hall–Kier alpha value is -1.83. The van der Waals surface area contributed by atoms with E-state index in [2.05, 4.69) is 20.9 Å². The summed E-state index contributed by atoms with van der Waals surface area (Å²) < 4.78 is 0. The van der Waals surface area contributed by atoms with Crippen molar-refractivity contribution < 1.29 is 19.5 Å². The highest BCUT2D eigenvalue weighted by molar-refractivity contribution is 5.86. The van der Waals surface area contributed by atoms with Gasteiger partial charge in [-0.2, -0.15) is 0 Å². The molecule has 8 nitrogen and oxygen atoms in total. The molecule has 3 amide bonds. The van der Waals surface area contributed by atoms with Crippen LogP contribution in [0.3, 0.4) is 0 Å². The van der Waals surface area contributed by atoms with Crippen LogP contribution in [0.5, 0.6) is 0 Å². The maximum atomic E-state index is 11.5. The molecule has 4 N–H and O–H groups in total. The Morgan fingerprint density at radius 3 is 2.37 bits per heavy atom. The van der Waals surface area contributed by atoms with E-state index < -0.39 is 24.5 Å². The Balaban J connectivity index is 2.13. The minimum Gasteiger partial charge on any atom is -0.480 e. The molecule has 0 aromatic rings. The van der Waals surface area contributed by atoms with Gasteiger partial charge in [0.15, 0.2) is 0 Å². The smallest absolute Gasteiger partial charge is 0.322 e. The number of aliphatic carboxylic acids is 1. The molecule has 0 aromatic heterocycles. The summed E-state index contributed by atoms with van der Waals surface area (Å²) in [6.45, 7) is 1.19. The van der Waals surface area contributed by atoms with Gasteiger partial charge < -0.3 is 26.0 Å². The van der Waals surface area contributed by atoms with Crippen LogP contribution in [0.25, 0.3) is 0 Å². The number of hydrogen-bond donors (Lipinski definition) is 4. The fourth-order valence-corrected chi connectivity index (χ4v) is 1.79. The maximum absolute atomic E-state index is 11.5. The number of nitrogens with one attached hydrogen (secondary N) is 3. The summed E-state index contributed by atoms with van der Waals surface area (Å²) in [5.74, 6) is -1.65. The van der Waals surface area contributed by atoms with Gasteiger partial charge in [0.25, 0.3) is 0 Å².